The molecule has 3 aromatic rings. The molecule has 0 unspecified atom stereocenters. The van der Waals surface area contributed by atoms with Crippen LogP contribution in [0.5, 0.6) is 11.5 Å². The van der Waals surface area contributed by atoms with E-state index >= 15 is 0 Å². The molecule has 2 N–H and O–H groups in total. The zero-order chi connectivity index (χ0) is 37.7. The van der Waals surface area contributed by atoms with E-state index in [1.54, 1.807) is 0 Å². The lowest BCUT2D eigenvalue weighted by Crippen LogP contribution is -2.14. The van der Waals surface area contributed by atoms with Crippen LogP contribution in [-0.2, 0) is 38.3 Å². The Morgan fingerprint density at radius 2 is 0.981 bits per heavy atom. The standard InChI is InChI=1S/C44H58O8/c1-6-9-11-13-15-17-38-26-36(20-23-41(38)49-30-51-43(47)32(4)28-45)35-19-22-40(34(8-3)25-35)37-21-24-42(50-31-52-44(48)33(5)29-46)39(27-37)18-16-14-12-10-7-2/h19-27,45-46H,4-18,28-31H2,1-3H3. The van der Waals surface area contributed by atoms with Gasteiger partial charge in [0.1, 0.15) is 11.5 Å². The van der Waals surface area contributed by atoms with Crippen LogP contribution >= 0.6 is 0 Å². The Bertz CT molecular complexity index is 1610. The molecule has 3 aromatic carbocycles. The normalized spacial score (nSPS) is 10.9. The highest BCUT2D eigenvalue weighted by Crippen LogP contribution is 2.35. The largest absolute Gasteiger partial charge is 0.457 e. The number of rotatable bonds is 25. The zero-order valence-corrected chi connectivity index (χ0v) is 31.5. The summed E-state index contributed by atoms with van der Waals surface area (Å²) in [4.78, 5) is 23.9. The summed E-state index contributed by atoms with van der Waals surface area (Å²) in [6.07, 6.45) is 14.0. The molecule has 0 radical (unpaired) electrons. The van der Waals surface area contributed by atoms with Crippen molar-refractivity contribution in [3.8, 4) is 33.8 Å². The summed E-state index contributed by atoms with van der Waals surface area (Å²) in [6.45, 7) is 12.2. The second-order valence-electron chi connectivity index (χ2n) is 13.1. The molecule has 0 aromatic heterocycles. The first-order chi connectivity index (χ1) is 25.3. The van der Waals surface area contributed by atoms with Gasteiger partial charge in [0.25, 0.3) is 0 Å². The predicted octanol–water partition coefficient (Wildman–Crippen LogP) is 9.46. The molecule has 0 fully saturated rings. The lowest BCUT2D eigenvalue weighted by atomic mass is 9.91. The smallest absolute Gasteiger partial charge is 0.338 e. The molecule has 8 nitrogen and oxygen atoms in total. The molecule has 0 spiro atoms. The molecule has 0 atom stereocenters. The molecule has 3 rings (SSSR count). The molecule has 0 aliphatic rings. The fourth-order valence-corrected chi connectivity index (χ4v) is 5.99. The Kier molecular flexibility index (Phi) is 18.8. The molecule has 0 amide bonds. The lowest BCUT2D eigenvalue weighted by molar-refractivity contribution is -0.146. The third-order valence-corrected chi connectivity index (χ3v) is 9.12. The molecule has 0 heterocycles. The number of ether oxygens (including phenoxy) is 4. The van der Waals surface area contributed by atoms with Crippen LogP contribution < -0.4 is 9.47 Å². The van der Waals surface area contributed by atoms with Crippen LogP contribution in [0.1, 0.15) is 102 Å². The Morgan fingerprint density at radius 3 is 1.44 bits per heavy atom. The molecule has 0 aliphatic heterocycles. The van der Waals surface area contributed by atoms with Crippen molar-refractivity contribution < 1.29 is 38.7 Å². The maximum absolute atomic E-state index is 12.0. The Hall–Kier alpha value is -4.40. The molecule has 282 valence electrons. The van der Waals surface area contributed by atoms with E-state index in [4.69, 9.17) is 29.2 Å². The van der Waals surface area contributed by atoms with E-state index in [0.717, 1.165) is 78.3 Å². The van der Waals surface area contributed by atoms with Gasteiger partial charge in [-0.05, 0) is 95.3 Å². The third-order valence-electron chi connectivity index (χ3n) is 9.12. The Morgan fingerprint density at radius 1 is 0.558 bits per heavy atom. The van der Waals surface area contributed by atoms with Gasteiger partial charge >= 0.3 is 11.9 Å². The predicted molar refractivity (Wildman–Crippen MR) is 207 cm³/mol. The van der Waals surface area contributed by atoms with Crippen molar-refractivity contribution in [3.05, 3.63) is 95.6 Å². The maximum Gasteiger partial charge on any atom is 0.338 e. The van der Waals surface area contributed by atoms with E-state index < -0.39 is 25.2 Å². The highest BCUT2D eigenvalue weighted by atomic mass is 16.7. The number of aliphatic hydroxyl groups excluding tert-OH is 2. The average molecular weight is 715 g/mol. The quantitative estimate of drug-likeness (QED) is 0.0387. The SMILES string of the molecule is C=C(CO)C(=O)OCOc1ccc(-c2ccc(-c3ccc(OCOC(=O)C(=C)CO)c(CCCCCCC)c3)c(CC)c2)cc1CCCCCCC. The van der Waals surface area contributed by atoms with E-state index in [1.807, 2.05) is 24.3 Å². The highest BCUT2D eigenvalue weighted by molar-refractivity contribution is 5.88. The van der Waals surface area contributed by atoms with Gasteiger partial charge in [-0.25, -0.2) is 9.59 Å². The summed E-state index contributed by atoms with van der Waals surface area (Å²) in [5, 5.41) is 18.3. The van der Waals surface area contributed by atoms with Crippen molar-refractivity contribution >= 4 is 11.9 Å². The summed E-state index contributed by atoms with van der Waals surface area (Å²) in [7, 11) is 0. The average Bonchev–Trinajstić information content (AvgIpc) is 3.17. The van der Waals surface area contributed by atoms with Crippen molar-refractivity contribution in [2.24, 2.45) is 0 Å². The number of unbranched alkanes of at least 4 members (excludes halogenated alkanes) is 8. The van der Waals surface area contributed by atoms with Crippen molar-refractivity contribution in [2.75, 3.05) is 26.8 Å². The number of hydrogen-bond donors (Lipinski definition) is 2. The topological polar surface area (TPSA) is 112 Å². The highest BCUT2D eigenvalue weighted by Gasteiger charge is 2.15. The van der Waals surface area contributed by atoms with Crippen molar-refractivity contribution in [3.63, 3.8) is 0 Å². The maximum atomic E-state index is 12.0. The van der Waals surface area contributed by atoms with Gasteiger partial charge in [-0.15, -0.1) is 0 Å². The molecular weight excluding hydrogens is 656 g/mol. The van der Waals surface area contributed by atoms with Crippen LogP contribution in [-0.4, -0.2) is 49.0 Å². The van der Waals surface area contributed by atoms with Crippen LogP contribution in [0.2, 0.25) is 0 Å². The van der Waals surface area contributed by atoms with E-state index in [9.17, 15) is 9.59 Å². The van der Waals surface area contributed by atoms with Crippen molar-refractivity contribution in [1.82, 2.24) is 0 Å². The number of aliphatic hydroxyl groups is 2. The number of esters is 2. The molecular formula is C44H58O8. The third kappa shape index (κ3) is 13.3. The number of hydrogen-bond acceptors (Lipinski definition) is 8. The second kappa shape index (κ2) is 23.2. The minimum absolute atomic E-state index is 0.0157. The van der Waals surface area contributed by atoms with Crippen LogP contribution in [0.15, 0.2) is 78.9 Å². The molecule has 52 heavy (non-hydrogen) atoms. The van der Waals surface area contributed by atoms with Gasteiger partial charge in [0.05, 0.1) is 24.4 Å². The summed E-state index contributed by atoms with van der Waals surface area (Å²) in [5.74, 6) is -0.0128. The van der Waals surface area contributed by atoms with Crippen LogP contribution in [0, 0.1) is 0 Å². The van der Waals surface area contributed by atoms with Gasteiger partial charge < -0.3 is 29.2 Å². The molecule has 0 saturated heterocycles. The van der Waals surface area contributed by atoms with Gasteiger partial charge in [0, 0.05) is 0 Å². The molecule has 0 bridgehead atoms. The Labute approximate surface area is 310 Å². The zero-order valence-electron chi connectivity index (χ0n) is 31.5. The first kappa shape index (κ1) is 42.0. The second-order valence-corrected chi connectivity index (χ2v) is 13.1. The summed E-state index contributed by atoms with van der Waals surface area (Å²) >= 11 is 0. The number of benzene rings is 3. The minimum atomic E-state index is -0.681. The fraction of sp³-hybridized carbons (Fsp3) is 0.455. The fourth-order valence-electron chi connectivity index (χ4n) is 5.99. The summed E-state index contributed by atoms with van der Waals surface area (Å²) in [6, 6.07) is 18.9. The molecule has 0 aliphatic carbocycles. The molecule has 0 saturated carbocycles. The molecule has 8 heteroatoms. The number of aryl methyl sites for hydroxylation is 3. The monoisotopic (exact) mass is 714 g/mol. The van der Waals surface area contributed by atoms with Gasteiger partial charge in [0.2, 0.25) is 13.6 Å². The Balaban J connectivity index is 1.87. The van der Waals surface area contributed by atoms with Crippen molar-refractivity contribution in [2.45, 2.75) is 104 Å². The number of carbonyl (C=O) groups excluding carboxylic acids is 2. The van der Waals surface area contributed by atoms with Crippen LogP contribution in [0.25, 0.3) is 22.3 Å². The summed E-state index contributed by atoms with van der Waals surface area (Å²) in [5.41, 5.74) is 7.73. The van der Waals surface area contributed by atoms with E-state index in [-0.39, 0.29) is 24.7 Å². The van der Waals surface area contributed by atoms with Crippen LogP contribution in [0.3, 0.4) is 0 Å². The first-order valence-corrected chi connectivity index (χ1v) is 18.8. The lowest BCUT2D eigenvalue weighted by Gasteiger charge is -2.17. The van der Waals surface area contributed by atoms with E-state index in [0.29, 0.717) is 11.5 Å². The summed E-state index contributed by atoms with van der Waals surface area (Å²) < 4.78 is 22.1. The number of carbonyl (C=O) groups is 2. The van der Waals surface area contributed by atoms with Gasteiger partial charge in [-0.3, -0.25) is 0 Å². The van der Waals surface area contributed by atoms with E-state index in [1.165, 1.54) is 44.1 Å². The van der Waals surface area contributed by atoms with Crippen LogP contribution in [0.4, 0.5) is 0 Å². The first-order valence-electron chi connectivity index (χ1n) is 18.8. The van der Waals surface area contributed by atoms with E-state index in [2.05, 4.69) is 64.3 Å². The minimum Gasteiger partial charge on any atom is -0.457 e. The van der Waals surface area contributed by atoms with Crippen molar-refractivity contribution in [1.29, 1.82) is 0 Å². The van der Waals surface area contributed by atoms with Gasteiger partial charge in [-0.2, -0.15) is 0 Å². The van der Waals surface area contributed by atoms with Gasteiger partial charge in [0.15, 0.2) is 0 Å². The van der Waals surface area contributed by atoms with Gasteiger partial charge in [-0.1, -0.05) is 116 Å².